The molecular weight excluding hydrogens is 397 g/mol. The Labute approximate surface area is 140 Å². The zero-order valence-electron chi connectivity index (χ0n) is 11.6. The summed E-state index contributed by atoms with van der Waals surface area (Å²) in [6, 6.07) is 5.43. The van der Waals surface area contributed by atoms with Gasteiger partial charge in [-0.1, -0.05) is 0 Å². The summed E-state index contributed by atoms with van der Waals surface area (Å²) in [4.78, 5) is 35.0. The second kappa shape index (κ2) is 6.07. The Hall–Kier alpha value is -1.90. The second-order valence-corrected chi connectivity index (χ2v) is 6.49. The van der Waals surface area contributed by atoms with Gasteiger partial charge in [0, 0.05) is 39.9 Å². The molecule has 1 atom stereocenters. The van der Waals surface area contributed by atoms with Crippen LogP contribution in [0.2, 0.25) is 0 Å². The van der Waals surface area contributed by atoms with E-state index in [1.807, 2.05) is 12.1 Å². The molecule has 3 N–H and O–H groups in total. The van der Waals surface area contributed by atoms with E-state index < -0.39 is 5.91 Å². The lowest BCUT2D eigenvalue weighted by Crippen LogP contribution is -2.38. The first kappa shape index (κ1) is 15.0. The molecule has 3 amide bonds. The number of carbonyl (C=O) groups is 3. The second-order valence-electron chi connectivity index (χ2n) is 5.24. The highest BCUT2D eigenvalue weighted by atomic mass is 127. The van der Waals surface area contributed by atoms with Gasteiger partial charge in [-0.2, -0.15) is 0 Å². The Morgan fingerprint density at radius 1 is 1.23 bits per heavy atom. The molecule has 0 bridgehead atoms. The van der Waals surface area contributed by atoms with Crippen LogP contribution in [0.3, 0.4) is 0 Å². The lowest BCUT2D eigenvalue weighted by atomic mass is 9.95. The summed E-state index contributed by atoms with van der Waals surface area (Å²) >= 11 is 2.14. The zero-order valence-corrected chi connectivity index (χ0v) is 13.8. The highest BCUT2D eigenvalue weighted by Gasteiger charge is 2.27. The number of hydrogen-bond acceptors (Lipinski definition) is 4. The maximum atomic E-state index is 12.0. The van der Waals surface area contributed by atoms with E-state index in [1.54, 1.807) is 12.3 Å². The van der Waals surface area contributed by atoms with Crippen molar-refractivity contribution in [2.24, 2.45) is 0 Å². The fraction of sp³-hybridized carbons (Fsp3) is 0.267. The topological polar surface area (TPSA) is 87.3 Å². The number of rotatable bonds is 3. The van der Waals surface area contributed by atoms with Crippen molar-refractivity contribution < 1.29 is 14.4 Å². The molecule has 22 heavy (non-hydrogen) atoms. The Kier molecular flexibility index (Phi) is 4.14. The van der Waals surface area contributed by atoms with Gasteiger partial charge in [0.1, 0.15) is 0 Å². The average Bonchev–Trinajstić information content (AvgIpc) is 2.87. The monoisotopic (exact) mass is 411 g/mol. The normalized spacial score (nSPS) is 22.3. The molecule has 1 saturated heterocycles. The molecule has 0 spiro atoms. The van der Waals surface area contributed by atoms with Gasteiger partial charge in [-0.25, -0.2) is 0 Å². The molecule has 0 aromatic heterocycles. The van der Waals surface area contributed by atoms with Crippen molar-refractivity contribution in [3.8, 4) is 0 Å². The quantitative estimate of drug-likeness (QED) is 0.390. The third-order valence-electron chi connectivity index (χ3n) is 3.68. The van der Waals surface area contributed by atoms with Crippen LogP contribution < -0.4 is 16.0 Å². The van der Waals surface area contributed by atoms with Crippen LogP contribution in [0, 0.1) is 3.57 Å². The first-order valence-corrected chi connectivity index (χ1v) is 8.01. The fourth-order valence-electron chi connectivity index (χ4n) is 2.57. The molecule has 2 aliphatic rings. The van der Waals surface area contributed by atoms with Crippen molar-refractivity contribution in [1.82, 2.24) is 16.0 Å². The molecule has 1 fully saturated rings. The van der Waals surface area contributed by atoms with Gasteiger partial charge in [0.25, 0.3) is 11.8 Å². The molecule has 3 rings (SSSR count). The molecule has 0 aliphatic carbocycles. The molecule has 0 radical (unpaired) electrons. The van der Waals surface area contributed by atoms with Crippen LogP contribution in [-0.4, -0.2) is 30.3 Å². The summed E-state index contributed by atoms with van der Waals surface area (Å²) in [6.07, 6.45) is 2.94. The smallest absolute Gasteiger partial charge is 0.260 e. The minimum Gasteiger partial charge on any atom is -0.388 e. The van der Waals surface area contributed by atoms with Crippen LogP contribution in [0.25, 0.3) is 5.57 Å². The maximum Gasteiger partial charge on any atom is 0.260 e. The molecule has 1 aromatic carbocycles. The Morgan fingerprint density at radius 3 is 2.77 bits per heavy atom. The van der Waals surface area contributed by atoms with Crippen molar-refractivity contribution in [3.63, 3.8) is 0 Å². The number of imide groups is 1. The van der Waals surface area contributed by atoms with Gasteiger partial charge < -0.3 is 10.6 Å². The average molecular weight is 411 g/mol. The van der Waals surface area contributed by atoms with Crippen LogP contribution in [0.5, 0.6) is 0 Å². The van der Waals surface area contributed by atoms with Crippen LogP contribution in [0.4, 0.5) is 0 Å². The van der Waals surface area contributed by atoms with E-state index in [0.717, 1.165) is 9.99 Å². The lowest BCUT2D eigenvalue weighted by Gasteiger charge is -2.19. The van der Waals surface area contributed by atoms with Gasteiger partial charge >= 0.3 is 0 Å². The van der Waals surface area contributed by atoms with Crippen molar-refractivity contribution in [2.45, 2.75) is 18.9 Å². The van der Waals surface area contributed by atoms with Crippen molar-refractivity contribution in [1.29, 1.82) is 0 Å². The summed E-state index contributed by atoms with van der Waals surface area (Å²) in [6.45, 7) is 0.551. The molecule has 114 valence electrons. The summed E-state index contributed by atoms with van der Waals surface area (Å²) in [5, 5.41) is 8.26. The molecule has 2 heterocycles. The van der Waals surface area contributed by atoms with E-state index in [1.165, 1.54) is 0 Å². The first-order valence-electron chi connectivity index (χ1n) is 6.93. The van der Waals surface area contributed by atoms with Crippen molar-refractivity contribution in [2.75, 3.05) is 6.54 Å². The SMILES string of the molecule is O=C1CCC(CNC=C2C(=O)NC(=O)c3ccc(I)cc32)N1. The largest absolute Gasteiger partial charge is 0.388 e. The molecule has 7 heteroatoms. The van der Waals surface area contributed by atoms with Crippen LogP contribution in [0.1, 0.15) is 28.8 Å². The number of fused-ring (bicyclic) bond motifs is 1. The molecule has 6 nitrogen and oxygen atoms in total. The third-order valence-corrected chi connectivity index (χ3v) is 4.35. The van der Waals surface area contributed by atoms with E-state index in [0.29, 0.717) is 29.7 Å². The molecule has 1 aromatic rings. The molecule has 1 unspecified atom stereocenters. The number of hydrogen-bond donors (Lipinski definition) is 3. The Bertz CT molecular complexity index is 699. The number of halogens is 1. The van der Waals surface area contributed by atoms with Gasteiger partial charge in [-0.15, -0.1) is 0 Å². The number of nitrogens with one attached hydrogen (secondary N) is 3. The van der Waals surface area contributed by atoms with Crippen LogP contribution >= 0.6 is 22.6 Å². The van der Waals surface area contributed by atoms with Crippen molar-refractivity contribution in [3.05, 3.63) is 39.1 Å². The number of amides is 3. The predicted molar refractivity (Wildman–Crippen MR) is 88.8 cm³/mol. The van der Waals surface area contributed by atoms with Crippen LogP contribution in [0.15, 0.2) is 24.4 Å². The molecule has 2 aliphatic heterocycles. The summed E-state index contributed by atoms with van der Waals surface area (Å²) in [5.74, 6) is -0.737. The first-order chi connectivity index (χ1) is 10.5. The summed E-state index contributed by atoms with van der Waals surface area (Å²) < 4.78 is 0.952. The van der Waals surface area contributed by atoms with E-state index in [-0.39, 0.29) is 17.9 Å². The van der Waals surface area contributed by atoms with E-state index in [2.05, 4.69) is 38.5 Å². The Morgan fingerprint density at radius 2 is 2.05 bits per heavy atom. The standard InChI is InChI=1S/C15H14IN3O3/c16-8-1-3-10-11(5-8)12(15(22)19-14(10)21)7-17-6-9-2-4-13(20)18-9/h1,3,5,7,9,17H,2,4,6H2,(H,18,20)(H,19,21,22). The van der Waals surface area contributed by atoms with E-state index in [4.69, 9.17) is 0 Å². The lowest BCUT2D eigenvalue weighted by molar-refractivity contribution is -0.119. The fourth-order valence-corrected chi connectivity index (χ4v) is 3.07. The number of carbonyl (C=O) groups excluding carboxylic acids is 3. The third kappa shape index (κ3) is 2.99. The van der Waals surface area contributed by atoms with E-state index >= 15 is 0 Å². The highest BCUT2D eigenvalue weighted by molar-refractivity contribution is 14.1. The molecule has 0 saturated carbocycles. The summed E-state index contributed by atoms with van der Waals surface area (Å²) in [5.41, 5.74) is 1.54. The van der Waals surface area contributed by atoms with Crippen LogP contribution in [-0.2, 0) is 9.59 Å². The summed E-state index contributed by atoms with van der Waals surface area (Å²) in [7, 11) is 0. The van der Waals surface area contributed by atoms with Gasteiger partial charge in [0.05, 0.1) is 5.57 Å². The number of benzene rings is 1. The minimum atomic E-state index is -0.414. The van der Waals surface area contributed by atoms with Gasteiger partial charge in [-0.05, 0) is 47.2 Å². The van der Waals surface area contributed by atoms with Gasteiger partial charge in [0.2, 0.25) is 5.91 Å². The predicted octanol–water partition coefficient (Wildman–Crippen LogP) is 0.770. The maximum absolute atomic E-state index is 12.0. The van der Waals surface area contributed by atoms with Gasteiger partial charge in [0.15, 0.2) is 0 Å². The highest BCUT2D eigenvalue weighted by Crippen LogP contribution is 2.25. The molecular formula is C15H14IN3O3. The van der Waals surface area contributed by atoms with Gasteiger partial charge in [-0.3, -0.25) is 19.7 Å². The zero-order chi connectivity index (χ0) is 15.7. The Balaban J connectivity index is 1.80. The minimum absolute atomic E-state index is 0.0559. The van der Waals surface area contributed by atoms with E-state index in [9.17, 15) is 14.4 Å². The van der Waals surface area contributed by atoms with Crippen molar-refractivity contribution >= 4 is 45.9 Å².